The molecule has 1 aromatic rings. The largest absolute Gasteiger partial charge is 0.373 e. The quantitative estimate of drug-likeness (QED) is 0.923. The Morgan fingerprint density at radius 2 is 2.26 bits per heavy atom. The van der Waals surface area contributed by atoms with Gasteiger partial charge in [0.15, 0.2) is 0 Å². The van der Waals surface area contributed by atoms with Gasteiger partial charge in [0.25, 0.3) is 0 Å². The molecule has 0 radical (unpaired) electrons. The number of rotatable bonds is 4. The number of likely N-dealkylation sites (N-methyl/N-ethyl adjacent to an activating group) is 2. The second-order valence-electron chi connectivity index (χ2n) is 5.65. The molecular formula is C15H24BrN3. The summed E-state index contributed by atoms with van der Waals surface area (Å²) in [5.41, 5.74) is 8.35. The highest BCUT2D eigenvalue weighted by molar-refractivity contribution is 9.10. The molecule has 1 aliphatic rings. The van der Waals surface area contributed by atoms with Crippen LogP contribution in [-0.2, 0) is 0 Å². The van der Waals surface area contributed by atoms with Gasteiger partial charge in [0.1, 0.15) is 0 Å². The number of likely N-dealkylation sites (tertiary alicyclic amines) is 1. The van der Waals surface area contributed by atoms with Crippen molar-refractivity contribution in [3.63, 3.8) is 0 Å². The zero-order valence-corrected chi connectivity index (χ0v) is 13.7. The van der Waals surface area contributed by atoms with E-state index in [9.17, 15) is 0 Å². The first-order chi connectivity index (χ1) is 8.99. The Morgan fingerprint density at radius 1 is 1.53 bits per heavy atom. The molecule has 1 heterocycles. The summed E-state index contributed by atoms with van der Waals surface area (Å²) in [5.74, 6) is 0. The van der Waals surface area contributed by atoms with E-state index < -0.39 is 0 Å². The van der Waals surface area contributed by atoms with Crippen molar-refractivity contribution in [1.29, 1.82) is 0 Å². The average molecular weight is 326 g/mol. The summed E-state index contributed by atoms with van der Waals surface area (Å²) in [7, 11) is 4.39. The fourth-order valence-electron chi connectivity index (χ4n) is 2.75. The summed E-state index contributed by atoms with van der Waals surface area (Å²) in [6.45, 7) is 4.32. The van der Waals surface area contributed by atoms with E-state index in [1.165, 1.54) is 25.1 Å². The molecule has 4 heteroatoms. The number of benzene rings is 1. The molecule has 2 N–H and O–H groups in total. The van der Waals surface area contributed by atoms with Gasteiger partial charge in [-0.3, -0.25) is 0 Å². The van der Waals surface area contributed by atoms with Crippen LogP contribution in [0.5, 0.6) is 0 Å². The van der Waals surface area contributed by atoms with Crippen LogP contribution in [0.3, 0.4) is 0 Å². The summed E-state index contributed by atoms with van der Waals surface area (Å²) in [6, 6.07) is 7.21. The highest BCUT2D eigenvalue weighted by Crippen LogP contribution is 2.27. The number of nitrogens with zero attached hydrogens (tertiary/aromatic N) is 2. The van der Waals surface area contributed by atoms with Crippen LogP contribution in [0, 0.1) is 0 Å². The van der Waals surface area contributed by atoms with E-state index in [2.05, 4.69) is 58.0 Å². The molecule has 0 spiro atoms. The Bertz CT molecular complexity index is 433. The normalized spacial score (nSPS) is 21.6. The van der Waals surface area contributed by atoms with Crippen molar-refractivity contribution in [2.45, 2.75) is 31.8 Å². The Kier molecular flexibility index (Phi) is 4.87. The lowest BCUT2D eigenvalue weighted by molar-refractivity contribution is 0.314. The molecule has 3 nitrogen and oxygen atoms in total. The molecule has 0 aromatic heterocycles. The maximum atomic E-state index is 5.94. The Labute approximate surface area is 124 Å². The van der Waals surface area contributed by atoms with Crippen molar-refractivity contribution in [1.82, 2.24) is 4.90 Å². The SMILES string of the molecule is CC(N)c1ccc(N(C)CC2CCCN2C)cc1Br. The number of anilines is 1. The van der Waals surface area contributed by atoms with Crippen LogP contribution in [0.25, 0.3) is 0 Å². The molecule has 1 saturated heterocycles. The van der Waals surface area contributed by atoms with Crippen LogP contribution >= 0.6 is 15.9 Å². The molecule has 0 bridgehead atoms. The summed E-state index contributed by atoms with van der Waals surface area (Å²) in [5, 5.41) is 0. The topological polar surface area (TPSA) is 32.5 Å². The molecule has 0 saturated carbocycles. The number of halogens is 1. The maximum Gasteiger partial charge on any atom is 0.0375 e. The minimum Gasteiger partial charge on any atom is -0.373 e. The maximum absolute atomic E-state index is 5.94. The first-order valence-corrected chi connectivity index (χ1v) is 7.74. The van der Waals surface area contributed by atoms with E-state index in [1.807, 2.05) is 6.92 Å². The van der Waals surface area contributed by atoms with Gasteiger partial charge in [0.05, 0.1) is 0 Å². The molecule has 106 valence electrons. The second kappa shape index (κ2) is 6.25. The van der Waals surface area contributed by atoms with Gasteiger partial charge in [-0.2, -0.15) is 0 Å². The third-order valence-corrected chi connectivity index (χ3v) is 4.76. The highest BCUT2D eigenvalue weighted by Gasteiger charge is 2.22. The van der Waals surface area contributed by atoms with Crippen molar-refractivity contribution < 1.29 is 0 Å². The van der Waals surface area contributed by atoms with Crippen LogP contribution in [0.1, 0.15) is 31.4 Å². The van der Waals surface area contributed by atoms with Crippen LogP contribution in [-0.4, -0.2) is 38.1 Å². The van der Waals surface area contributed by atoms with Crippen molar-refractivity contribution in [2.75, 3.05) is 32.1 Å². The number of hydrogen-bond donors (Lipinski definition) is 1. The third kappa shape index (κ3) is 3.50. The van der Waals surface area contributed by atoms with Gasteiger partial charge in [-0.25, -0.2) is 0 Å². The van der Waals surface area contributed by atoms with Gasteiger partial charge in [-0.1, -0.05) is 22.0 Å². The molecule has 1 fully saturated rings. The van der Waals surface area contributed by atoms with Gasteiger partial charge < -0.3 is 15.5 Å². The predicted molar refractivity (Wildman–Crippen MR) is 85.7 cm³/mol. The van der Waals surface area contributed by atoms with E-state index in [1.54, 1.807) is 0 Å². The van der Waals surface area contributed by atoms with Gasteiger partial charge in [0.2, 0.25) is 0 Å². The van der Waals surface area contributed by atoms with Crippen molar-refractivity contribution in [3.8, 4) is 0 Å². The molecule has 0 amide bonds. The van der Waals surface area contributed by atoms with Crippen LogP contribution in [0.4, 0.5) is 5.69 Å². The fraction of sp³-hybridized carbons (Fsp3) is 0.600. The highest BCUT2D eigenvalue weighted by atomic mass is 79.9. The Balaban J connectivity index is 2.07. The molecule has 1 aliphatic heterocycles. The lowest BCUT2D eigenvalue weighted by Crippen LogP contribution is -2.36. The Morgan fingerprint density at radius 3 is 2.79 bits per heavy atom. The van der Waals surface area contributed by atoms with Crippen molar-refractivity contribution in [2.24, 2.45) is 5.73 Å². The molecule has 0 aliphatic carbocycles. The average Bonchev–Trinajstić information content (AvgIpc) is 2.74. The van der Waals surface area contributed by atoms with E-state index >= 15 is 0 Å². The fourth-order valence-corrected chi connectivity index (χ4v) is 3.48. The second-order valence-corrected chi connectivity index (χ2v) is 6.51. The summed E-state index contributed by atoms with van der Waals surface area (Å²) in [4.78, 5) is 4.80. The number of hydrogen-bond acceptors (Lipinski definition) is 3. The van der Waals surface area contributed by atoms with Crippen molar-refractivity contribution >= 4 is 21.6 Å². The van der Waals surface area contributed by atoms with E-state index in [4.69, 9.17) is 5.73 Å². The van der Waals surface area contributed by atoms with E-state index in [-0.39, 0.29) is 6.04 Å². The van der Waals surface area contributed by atoms with Crippen LogP contribution in [0.15, 0.2) is 22.7 Å². The Hall–Kier alpha value is -0.580. The number of nitrogens with two attached hydrogens (primary N) is 1. The molecule has 1 aromatic carbocycles. The minimum absolute atomic E-state index is 0.0645. The standard InChI is InChI=1S/C15H24BrN3/c1-11(17)14-7-6-12(9-15(14)16)19(3)10-13-5-4-8-18(13)2/h6-7,9,11,13H,4-5,8,10,17H2,1-3H3. The van der Waals surface area contributed by atoms with Gasteiger partial charge >= 0.3 is 0 Å². The van der Waals surface area contributed by atoms with Crippen molar-refractivity contribution in [3.05, 3.63) is 28.2 Å². The summed E-state index contributed by atoms with van der Waals surface area (Å²) >= 11 is 3.62. The molecule has 19 heavy (non-hydrogen) atoms. The zero-order valence-electron chi connectivity index (χ0n) is 12.1. The smallest absolute Gasteiger partial charge is 0.0375 e. The van der Waals surface area contributed by atoms with Gasteiger partial charge in [-0.05, 0) is 51.1 Å². The van der Waals surface area contributed by atoms with Crippen LogP contribution in [0.2, 0.25) is 0 Å². The first-order valence-electron chi connectivity index (χ1n) is 6.95. The first kappa shape index (κ1) is 14.8. The molecular weight excluding hydrogens is 302 g/mol. The zero-order chi connectivity index (χ0) is 14.0. The minimum atomic E-state index is 0.0645. The van der Waals surface area contributed by atoms with Gasteiger partial charge in [-0.15, -0.1) is 0 Å². The summed E-state index contributed by atoms with van der Waals surface area (Å²) in [6.07, 6.45) is 2.63. The lowest BCUT2D eigenvalue weighted by atomic mass is 10.1. The predicted octanol–water partition coefficient (Wildman–Crippen LogP) is 3.00. The third-order valence-electron chi connectivity index (χ3n) is 4.07. The van der Waals surface area contributed by atoms with Gasteiger partial charge in [0, 0.05) is 35.8 Å². The van der Waals surface area contributed by atoms with E-state index in [0.717, 1.165) is 16.6 Å². The monoisotopic (exact) mass is 325 g/mol. The lowest BCUT2D eigenvalue weighted by Gasteiger charge is -2.27. The molecule has 2 unspecified atom stereocenters. The summed E-state index contributed by atoms with van der Waals surface area (Å²) < 4.78 is 1.10. The molecule has 2 atom stereocenters. The van der Waals surface area contributed by atoms with Crippen LogP contribution < -0.4 is 10.6 Å². The van der Waals surface area contributed by atoms with E-state index in [0.29, 0.717) is 6.04 Å². The molecule has 2 rings (SSSR count).